The lowest BCUT2D eigenvalue weighted by Gasteiger charge is -2.10. The summed E-state index contributed by atoms with van der Waals surface area (Å²) in [6.45, 7) is 0.968. The van der Waals surface area contributed by atoms with Gasteiger partial charge < -0.3 is 21.4 Å². The largest absolute Gasteiger partial charge is 0.370 e. The van der Waals surface area contributed by atoms with E-state index in [1.165, 1.54) is 9.13 Å². The number of hydrogen-bond donors (Lipinski definition) is 3. The third kappa shape index (κ3) is 7.55. The average molecular weight is 464 g/mol. The van der Waals surface area contributed by atoms with Gasteiger partial charge in [-0.05, 0) is 12.8 Å². The van der Waals surface area contributed by atoms with Gasteiger partial charge in [-0.15, -0.1) is 0 Å². The highest BCUT2D eigenvalue weighted by Gasteiger charge is 2.15. The molecule has 0 bridgehead atoms. The number of nitrogens with two attached hydrogens (primary N) is 2. The van der Waals surface area contributed by atoms with E-state index in [0.29, 0.717) is 24.3 Å². The fourth-order valence-electron chi connectivity index (χ4n) is 3.88. The summed E-state index contributed by atoms with van der Waals surface area (Å²) >= 11 is 0. The Morgan fingerprint density at radius 3 is 2.18 bits per heavy atom. The Hall–Kier alpha value is -2.95. The average Bonchev–Trinajstić information content (AvgIpc) is 3.16. The van der Waals surface area contributed by atoms with Crippen LogP contribution in [0.3, 0.4) is 0 Å². The summed E-state index contributed by atoms with van der Waals surface area (Å²) in [5, 5.41) is 2.72. The van der Waals surface area contributed by atoms with Crippen LogP contribution in [0.1, 0.15) is 64.2 Å². The van der Waals surface area contributed by atoms with Crippen LogP contribution in [0.15, 0.2) is 15.9 Å². The summed E-state index contributed by atoms with van der Waals surface area (Å²) in [4.78, 5) is 51.7. The van der Waals surface area contributed by atoms with Crippen molar-refractivity contribution in [1.82, 2.24) is 24.0 Å². The van der Waals surface area contributed by atoms with Gasteiger partial charge in [-0.25, -0.2) is 9.78 Å². The molecule has 0 saturated heterocycles. The zero-order valence-electron chi connectivity index (χ0n) is 19.7. The first kappa shape index (κ1) is 26.3. The van der Waals surface area contributed by atoms with Crippen molar-refractivity contribution in [3.8, 4) is 0 Å². The lowest BCUT2D eigenvalue weighted by molar-refractivity contribution is -0.126. The second-order valence-electron chi connectivity index (χ2n) is 8.58. The summed E-state index contributed by atoms with van der Waals surface area (Å²) in [6, 6.07) is -0.873. The number of unbranched alkanes of at least 4 members (excludes halogenated alkanes) is 8. The Bertz CT molecular complexity index is 1050. The Morgan fingerprint density at radius 2 is 1.58 bits per heavy atom. The molecule has 2 rings (SSSR count). The predicted octanol–water partition coefficient (Wildman–Crippen LogP) is 0.264. The van der Waals surface area contributed by atoms with Crippen molar-refractivity contribution in [2.45, 2.75) is 76.8 Å². The Kier molecular flexibility index (Phi) is 10.3. The Labute approximate surface area is 193 Å². The number of rotatable bonds is 15. The molecule has 33 heavy (non-hydrogen) atoms. The first-order valence-corrected chi connectivity index (χ1v) is 11.7. The fourth-order valence-corrected chi connectivity index (χ4v) is 3.88. The van der Waals surface area contributed by atoms with Crippen LogP contribution in [0.25, 0.3) is 11.2 Å². The number of primary amides is 1. The number of nitrogens with zero attached hydrogens (tertiary/aromatic N) is 4. The van der Waals surface area contributed by atoms with Crippen LogP contribution in [-0.4, -0.2) is 43.1 Å². The van der Waals surface area contributed by atoms with Crippen LogP contribution < -0.4 is 28.0 Å². The summed E-state index contributed by atoms with van der Waals surface area (Å²) < 4.78 is 4.39. The van der Waals surface area contributed by atoms with E-state index in [1.807, 2.05) is 0 Å². The van der Waals surface area contributed by atoms with Gasteiger partial charge in [-0.3, -0.25) is 23.5 Å². The van der Waals surface area contributed by atoms with Gasteiger partial charge in [-0.1, -0.05) is 44.9 Å². The van der Waals surface area contributed by atoms with Crippen LogP contribution in [-0.2, 0) is 30.2 Å². The van der Waals surface area contributed by atoms with E-state index >= 15 is 0 Å². The van der Waals surface area contributed by atoms with Crippen molar-refractivity contribution >= 4 is 23.0 Å². The number of aromatic nitrogens is 4. The van der Waals surface area contributed by atoms with E-state index in [0.717, 1.165) is 57.8 Å². The molecule has 0 spiro atoms. The van der Waals surface area contributed by atoms with Crippen molar-refractivity contribution < 1.29 is 9.59 Å². The first-order chi connectivity index (χ1) is 15.7. The molecule has 0 fully saturated rings. The van der Waals surface area contributed by atoms with Crippen molar-refractivity contribution in [2.75, 3.05) is 6.54 Å². The van der Waals surface area contributed by atoms with Gasteiger partial charge in [0.1, 0.15) is 0 Å². The summed E-state index contributed by atoms with van der Waals surface area (Å²) in [6.07, 6.45) is 10.6. The molecular formula is C22H37N7O4. The van der Waals surface area contributed by atoms with Gasteiger partial charge in [0.2, 0.25) is 11.8 Å². The third-order valence-electron chi connectivity index (χ3n) is 5.82. The van der Waals surface area contributed by atoms with Crippen LogP contribution in [0.2, 0.25) is 0 Å². The van der Waals surface area contributed by atoms with E-state index < -0.39 is 11.9 Å². The molecule has 2 heterocycles. The minimum absolute atomic E-state index is 0.140. The highest BCUT2D eigenvalue weighted by Crippen LogP contribution is 2.10. The highest BCUT2D eigenvalue weighted by molar-refractivity contribution is 5.87. The number of fused-ring (bicyclic) bond motifs is 1. The Morgan fingerprint density at radius 1 is 1.00 bits per heavy atom. The first-order valence-electron chi connectivity index (χ1n) is 11.7. The molecule has 0 aromatic carbocycles. The van der Waals surface area contributed by atoms with Gasteiger partial charge in [0, 0.05) is 27.2 Å². The highest BCUT2D eigenvalue weighted by atomic mass is 16.2. The number of imidazole rings is 1. The summed E-state index contributed by atoms with van der Waals surface area (Å²) in [5.41, 5.74) is 10.9. The maximum atomic E-state index is 12.7. The quantitative estimate of drug-likeness (QED) is 0.321. The monoisotopic (exact) mass is 463 g/mol. The van der Waals surface area contributed by atoms with Gasteiger partial charge in [-0.2, -0.15) is 0 Å². The number of amides is 2. The van der Waals surface area contributed by atoms with Crippen LogP contribution in [0.5, 0.6) is 0 Å². The van der Waals surface area contributed by atoms with E-state index in [4.69, 9.17) is 11.5 Å². The lowest BCUT2D eigenvalue weighted by atomic mass is 10.1. The fraction of sp³-hybridized carbons (Fsp3) is 0.682. The molecule has 0 radical (unpaired) electrons. The van der Waals surface area contributed by atoms with Crippen molar-refractivity contribution in [2.24, 2.45) is 25.6 Å². The minimum atomic E-state index is -0.873. The molecule has 2 aromatic rings. The molecule has 0 aliphatic carbocycles. The van der Waals surface area contributed by atoms with Crippen LogP contribution >= 0.6 is 0 Å². The van der Waals surface area contributed by atoms with E-state index in [2.05, 4.69) is 10.3 Å². The molecule has 0 aliphatic rings. The molecule has 184 valence electrons. The lowest BCUT2D eigenvalue weighted by Crippen LogP contribution is -2.43. The number of carbonyl (C=O) groups is 2. The molecule has 0 saturated carbocycles. The van der Waals surface area contributed by atoms with Gasteiger partial charge in [0.05, 0.1) is 18.8 Å². The second kappa shape index (κ2) is 12.9. The van der Waals surface area contributed by atoms with E-state index in [-0.39, 0.29) is 23.6 Å². The topological polar surface area (TPSA) is 160 Å². The molecule has 11 heteroatoms. The van der Waals surface area contributed by atoms with Gasteiger partial charge in [0.15, 0.2) is 11.2 Å². The minimum Gasteiger partial charge on any atom is -0.370 e. The van der Waals surface area contributed by atoms with Crippen LogP contribution in [0, 0.1) is 0 Å². The van der Waals surface area contributed by atoms with E-state index in [1.54, 1.807) is 25.0 Å². The molecule has 1 atom stereocenters. The zero-order chi connectivity index (χ0) is 24.4. The molecule has 0 aliphatic heterocycles. The maximum Gasteiger partial charge on any atom is 0.332 e. The number of carbonyl (C=O) groups excluding carboxylic acids is 2. The van der Waals surface area contributed by atoms with Crippen molar-refractivity contribution in [3.63, 3.8) is 0 Å². The molecule has 1 unspecified atom stereocenters. The molecule has 11 nitrogen and oxygen atoms in total. The predicted molar refractivity (Wildman–Crippen MR) is 127 cm³/mol. The zero-order valence-corrected chi connectivity index (χ0v) is 19.7. The second-order valence-corrected chi connectivity index (χ2v) is 8.58. The normalized spacial score (nSPS) is 12.2. The number of nitrogens with one attached hydrogen (secondary N) is 1. The van der Waals surface area contributed by atoms with Crippen molar-refractivity contribution in [1.29, 1.82) is 0 Å². The SMILES string of the molecule is Cn1cnc2c1c(=O)n(CCCCCCCCCCCNC(=O)C(N)CC(N)=O)c(=O)n2C. The molecule has 5 N–H and O–H groups in total. The van der Waals surface area contributed by atoms with E-state index in [9.17, 15) is 19.2 Å². The molecule has 2 aromatic heterocycles. The Balaban J connectivity index is 1.55. The maximum absolute atomic E-state index is 12.7. The molecule has 2 amide bonds. The number of aryl methyl sites for hydroxylation is 2. The van der Waals surface area contributed by atoms with Crippen LogP contribution in [0.4, 0.5) is 0 Å². The van der Waals surface area contributed by atoms with Crippen molar-refractivity contribution in [3.05, 3.63) is 27.2 Å². The number of hydrogen-bond acceptors (Lipinski definition) is 6. The smallest absolute Gasteiger partial charge is 0.332 e. The van der Waals surface area contributed by atoms with Gasteiger partial charge in [0.25, 0.3) is 5.56 Å². The molecular weight excluding hydrogens is 426 g/mol. The van der Waals surface area contributed by atoms with Gasteiger partial charge >= 0.3 is 5.69 Å². The summed E-state index contributed by atoms with van der Waals surface area (Å²) in [5.74, 6) is -0.920. The summed E-state index contributed by atoms with van der Waals surface area (Å²) in [7, 11) is 3.39. The standard InChI is InChI=1S/C22H37N7O4/c1-27-15-26-19-18(27)21(32)29(22(33)28(19)2)13-11-9-7-5-3-4-6-8-10-12-25-20(31)16(23)14-17(24)30/h15-16H,3-14,23H2,1-2H3,(H2,24,30)(H,25,31). The third-order valence-corrected chi connectivity index (χ3v) is 5.82.